The lowest BCUT2D eigenvalue weighted by Gasteiger charge is -2.30. The minimum absolute atomic E-state index is 0.219. The van der Waals surface area contributed by atoms with E-state index < -0.39 is 18.0 Å². The third-order valence-electron chi connectivity index (χ3n) is 4.50. The molecule has 1 fully saturated rings. The third-order valence-corrected chi connectivity index (χ3v) is 4.50. The Morgan fingerprint density at radius 3 is 2.31 bits per heavy atom. The van der Waals surface area contributed by atoms with Crippen LogP contribution < -0.4 is 5.32 Å². The normalized spacial score (nSPS) is 13.4. The fraction of sp³-hybridized carbons (Fsp3) is 0.550. The first-order valence-electron chi connectivity index (χ1n) is 10.4. The number of carboxylic acids is 2. The number of nitrogens with zero attached hydrogens (tertiary/aromatic N) is 4. The molecule has 1 amide bonds. The number of carbonyl (C=O) groups is 3. The maximum atomic E-state index is 11.0. The van der Waals surface area contributed by atoms with Crippen LogP contribution in [0.5, 0.6) is 0 Å². The van der Waals surface area contributed by atoms with Gasteiger partial charge in [-0.25, -0.2) is 19.4 Å². The Labute approximate surface area is 185 Å². The Morgan fingerprint density at radius 1 is 1.16 bits per heavy atom. The number of piperidine rings is 1. The van der Waals surface area contributed by atoms with E-state index in [4.69, 9.17) is 29.6 Å². The number of ether oxygens (including phenoxy) is 1. The molecule has 12 heteroatoms. The highest BCUT2D eigenvalue weighted by atomic mass is 16.5. The summed E-state index contributed by atoms with van der Waals surface area (Å²) in [7, 11) is 0. The van der Waals surface area contributed by atoms with E-state index in [1.54, 1.807) is 12.4 Å². The van der Waals surface area contributed by atoms with Gasteiger partial charge in [0, 0.05) is 38.5 Å². The van der Waals surface area contributed by atoms with Crippen molar-refractivity contribution in [2.45, 2.75) is 46.2 Å². The summed E-state index contributed by atoms with van der Waals surface area (Å²) in [5.41, 5.74) is 1.87. The van der Waals surface area contributed by atoms with Crippen LogP contribution in [0, 0.1) is 0 Å². The van der Waals surface area contributed by atoms with Crippen molar-refractivity contribution < 1.29 is 34.4 Å². The molecule has 0 aromatic carbocycles. The smallest absolute Gasteiger partial charge is 0.414 e. The first-order chi connectivity index (χ1) is 15.3. The van der Waals surface area contributed by atoms with E-state index >= 15 is 0 Å². The van der Waals surface area contributed by atoms with Crippen LogP contribution in [0.25, 0.3) is 11.0 Å². The average Bonchev–Trinajstić information content (AvgIpc) is 3.13. The lowest BCUT2D eigenvalue weighted by atomic mass is 10.1. The number of rotatable bonds is 6. The number of hydrogen-bond donors (Lipinski definition) is 4. The molecule has 0 radical (unpaired) electrons. The summed E-state index contributed by atoms with van der Waals surface area (Å²) >= 11 is 0. The Balaban J connectivity index is 0.000000556. The fourth-order valence-corrected chi connectivity index (χ4v) is 3.02. The van der Waals surface area contributed by atoms with Gasteiger partial charge >= 0.3 is 18.0 Å². The second kappa shape index (κ2) is 13.8. The van der Waals surface area contributed by atoms with Crippen LogP contribution in [0.2, 0.25) is 0 Å². The molecule has 2 aromatic rings. The number of aliphatic carboxylic acids is 2. The number of aromatic nitrogens is 3. The topological polar surface area (TPSA) is 167 Å². The van der Waals surface area contributed by atoms with Gasteiger partial charge in [0.25, 0.3) is 0 Å². The van der Waals surface area contributed by atoms with Gasteiger partial charge in [-0.1, -0.05) is 13.8 Å². The van der Waals surface area contributed by atoms with Gasteiger partial charge in [0.15, 0.2) is 0 Å². The van der Waals surface area contributed by atoms with Crippen LogP contribution in [0.4, 0.5) is 10.7 Å². The predicted molar refractivity (Wildman–Crippen MR) is 117 cm³/mol. The van der Waals surface area contributed by atoms with Crippen molar-refractivity contribution in [2.75, 3.05) is 31.6 Å². The molecule has 3 rings (SSSR count). The van der Waals surface area contributed by atoms with Gasteiger partial charge in [-0.2, -0.15) is 0 Å². The maximum Gasteiger partial charge on any atom is 0.414 e. The fourth-order valence-electron chi connectivity index (χ4n) is 3.02. The van der Waals surface area contributed by atoms with E-state index in [0.29, 0.717) is 32.8 Å². The number of nitrogens with one attached hydrogen (secondary N) is 1. The molecule has 3 heterocycles. The van der Waals surface area contributed by atoms with Gasteiger partial charge < -0.3 is 34.8 Å². The molecule has 0 aliphatic carbocycles. The molecule has 32 heavy (non-hydrogen) atoms. The van der Waals surface area contributed by atoms with E-state index in [1.807, 2.05) is 26.8 Å². The Bertz CT molecular complexity index is 866. The molecule has 0 spiro atoms. The van der Waals surface area contributed by atoms with Crippen molar-refractivity contribution in [3.8, 4) is 0 Å². The zero-order chi connectivity index (χ0) is 24.1. The summed E-state index contributed by atoms with van der Waals surface area (Å²) in [4.78, 5) is 39.4. The lowest BCUT2D eigenvalue weighted by Crippen LogP contribution is -2.42. The summed E-state index contributed by atoms with van der Waals surface area (Å²) in [6, 6.07) is 2.17. The van der Waals surface area contributed by atoms with E-state index in [2.05, 4.69) is 19.9 Å². The molecule has 1 aliphatic rings. The van der Waals surface area contributed by atoms with Crippen LogP contribution >= 0.6 is 0 Å². The first-order valence-corrected chi connectivity index (χ1v) is 10.4. The highest BCUT2D eigenvalue weighted by Gasteiger charge is 2.23. The summed E-state index contributed by atoms with van der Waals surface area (Å²) in [6.07, 6.45) is 4.22. The first kappa shape index (κ1) is 26.6. The number of hydrogen-bond acceptors (Lipinski definition) is 7. The zero-order valence-corrected chi connectivity index (χ0v) is 18.5. The molecular weight excluding hydrogens is 422 g/mol. The molecule has 2 aromatic heterocycles. The highest BCUT2D eigenvalue weighted by Crippen LogP contribution is 2.22. The Morgan fingerprint density at radius 2 is 1.78 bits per heavy atom. The molecule has 0 atom stereocenters. The molecular formula is C20H31N5O7. The molecule has 4 N–H and O–H groups in total. The Kier molecular flexibility index (Phi) is 11.5. The highest BCUT2D eigenvalue weighted by molar-refractivity contribution is 6.27. The van der Waals surface area contributed by atoms with Crippen LogP contribution in [0.15, 0.2) is 18.5 Å². The number of anilines is 1. The molecule has 1 aliphatic heterocycles. The van der Waals surface area contributed by atoms with Crippen molar-refractivity contribution >= 4 is 35.0 Å². The number of fused-ring (bicyclic) bond motifs is 1. The van der Waals surface area contributed by atoms with Crippen molar-refractivity contribution in [3.05, 3.63) is 18.5 Å². The summed E-state index contributed by atoms with van der Waals surface area (Å²) in [5.74, 6) is -2.85. The van der Waals surface area contributed by atoms with Gasteiger partial charge in [0.1, 0.15) is 5.52 Å². The SMILES string of the molecule is CC.CCOCCn1c(NC2CCN(C(=O)O)CC2)nc2cnccc21.O=C(O)C(=O)O. The lowest BCUT2D eigenvalue weighted by molar-refractivity contribution is -0.159. The van der Waals surface area contributed by atoms with Gasteiger partial charge in [0.05, 0.1) is 18.3 Å². The van der Waals surface area contributed by atoms with Gasteiger partial charge in [-0.3, -0.25) is 4.98 Å². The summed E-state index contributed by atoms with van der Waals surface area (Å²) in [5, 5.41) is 27.3. The summed E-state index contributed by atoms with van der Waals surface area (Å²) < 4.78 is 7.58. The zero-order valence-electron chi connectivity index (χ0n) is 18.5. The largest absolute Gasteiger partial charge is 0.473 e. The van der Waals surface area contributed by atoms with Crippen LogP contribution in [-0.2, 0) is 20.9 Å². The predicted octanol–water partition coefficient (Wildman–Crippen LogP) is 2.20. The maximum absolute atomic E-state index is 11.0. The minimum Gasteiger partial charge on any atom is -0.473 e. The number of imidazole rings is 1. The second-order valence-electron chi connectivity index (χ2n) is 6.45. The molecule has 178 valence electrons. The van der Waals surface area contributed by atoms with E-state index in [1.165, 1.54) is 4.90 Å². The van der Waals surface area contributed by atoms with Gasteiger partial charge in [-0.15, -0.1) is 0 Å². The van der Waals surface area contributed by atoms with Crippen molar-refractivity contribution in [1.29, 1.82) is 0 Å². The van der Waals surface area contributed by atoms with Crippen LogP contribution in [0.1, 0.15) is 33.6 Å². The van der Waals surface area contributed by atoms with Crippen LogP contribution in [-0.4, -0.2) is 85.1 Å². The molecule has 0 bridgehead atoms. The van der Waals surface area contributed by atoms with E-state index in [0.717, 1.165) is 29.8 Å². The van der Waals surface area contributed by atoms with Crippen molar-refractivity contribution in [2.24, 2.45) is 0 Å². The number of pyridine rings is 1. The minimum atomic E-state index is -1.82. The third kappa shape index (κ3) is 8.02. The number of amides is 1. The van der Waals surface area contributed by atoms with E-state index in [-0.39, 0.29) is 6.04 Å². The molecule has 1 saturated heterocycles. The summed E-state index contributed by atoms with van der Waals surface area (Å²) in [6.45, 7) is 9.10. The molecule has 12 nitrogen and oxygen atoms in total. The quantitative estimate of drug-likeness (QED) is 0.376. The van der Waals surface area contributed by atoms with Crippen LogP contribution in [0.3, 0.4) is 0 Å². The Hall–Kier alpha value is -3.41. The molecule has 0 unspecified atom stereocenters. The average molecular weight is 453 g/mol. The van der Waals surface area contributed by atoms with Crippen molar-refractivity contribution in [1.82, 2.24) is 19.4 Å². The van der Waals surface area contributed by atoms with E-state index in [9.17, 15) is 4.79 Å². The van der Waals surface area contributed by atoms with Gasteiger partial charge in [0.2, 0.25) is 5.95 Å². The standard InChI is InChI=1S/C16H23N5O3.C2H2O4.C2H6/c1-2-24-10-9-21-14-3-6-17-11-13(14)19-15(21)18-12-4-7-20(8-5-12)16(22)23;3-1(4)2(5)6;1-2/h3,6,11-12H,2,4-5,7-10H2,1H3,(H,18,19)(H,22,23);(H,3,4)(H,5,6);1-2H3. The molecule has 0 saturated carbocycles. The monoisotopic (exact) mass is 453 g/mol. The number of likely N-dealkylation sites (tertiary alicyclic amines) is 1. The van der Waals surface area contributed by atoms with Crippen molar-refractivity contribution in [3.63, 3.8) is 0 Å². The second-order valence-corrected chi connectivity index (χ2v) is 6.45. The van der Waals surface area contributed by atoms with Gasteiger partial charge in [-0.05, 0) is 25.8 Å². The number of carboxylic acid groups (broad SMARTS) is 3.